The molecule has 21 heavy (non-hydrogen) atoms. The van der Waals surface area contributed by atoms with Gasteiger partial charge in [0.2, 0.25) is 5.91 Å². The van der Waals surface area contributed by atoms with Gasteiger partial charge in [-0.3, -0.25) is 4.79 Å². The third-order valence-corrected chi connectivity index (χ3v) is 3.99. The molecule has 0 spiro atoms. The lowest BCUT2D eigenvalue weighted by Gasteiger charge is -2.09. The summed E-state index contributed by atoms with van der Waals surface area (Å²) in [5.41, 5.74) is 6.73. The van der Waals surface area contributed by atoms with Crippen molar-refractivity contribution in [3.8, 4) is 0 Å². The van der Waals surface area contributed by atoms with Gasteiger partial charge in [-0.25, -0.2) is 0 Å². The Morgan fingerprint density at radius 1 is 1.33 bits per heavy atom. The summed E-state index contributed by atoms with van der Waals surface area (Å²) in [5.74, 6) is 1.14. The summed E-state index contributed by atoms with van der Waals surface area (Å²) in [4.78, 5) is 12.0. The molecule has 0 radical (unpaired) electrons. The number of carbonyl (C=O) groups is 1. The molecule has 2 aromatic rings. The van der Waals surface area contributed by atoms with E-state index in [0.717, 1.165) is 42.4 Å². The highest BCUT2D eigenvalue weighted by atomic mass is 35.5. The van der Waals surface area contributed by atoms with Crippen molar-refractivity contribution in [2.75, 3.05) is 6.54 Å². The molecule has 1 fully saturated rings. The Bertz CT molecular complexity index is 578. The van der Waals surface area contributed by atoms with Gasteiger partial charge < -0.3 is 15.5 Å². The number of nitrogens with two attached hydrogens (primary N) is 1. The van der Waals surface area contributed by atoms with Gasteiger partial charge in [0, 0.05) is 30.3 Å². The number of para-hydroxylation sites is 1. The van der Waals surface area contributed by atoms with E-state index >= 15 is 0 Å². The van der Waals surface area contributed by atoms with Crippen molar-refractivity contribution in [3.63, 3.8) is 0 Å². The van der Waals surface area contributed by atoms with Crippen molar-refractivity contribution in [1.29, 1.82) is 0 Å². The first-order chi connectivity index (χ1) is 9.72. The molecule has 1 aromatic carbocycles. The maximum absolute atomic E-state index is 12.0. The van der Waals surface area contributed by atoms with Gasteiger partial charge in [-0.05, 0) is 31.4 Å². The highest BCUT2D eigenvalue weighted by Gasteiger charge is 2.27. The second kappa shape index (κ2) is 6.96. The van der Waals surface area contributed by atoms with Gasteiger partial charge in [-0.15, -0.1) is 12.4 Å². The van der Waals surface area contributed by atoms with Crippen LogP contribution < -0.4 is 11.1 Å². The number of carbonyl (C=O) groups excluding carboxylic acids is 1. The summed E-state index contributed by atoms with van der Waals surface area (Å²) in [6.45, 7) is 0.615. The van der Waals surface area contributed by atoms with Gasteiger partial charge in [0.1, 0.15) is 11.3 Å². The van der Waals surface area contributed by atoms with Gasteiger partial charge in [-0.2, -0.15) is 0 Å². The van der Waals surface area contributed by atoms with Crippen LogP contribution in [0.1, 0.15) is 25.0 Å². The molecule has 114 valence electrons. The number of fused-ring (bicyclic) bond motifs is 1. The molecule has 3 N–H and O–H groups in total. The van der Waals surface area contributed by atoms with E-state index in [4.69, 9.17) is 10.2 Å². The van der Waals surface area contributed by atoms with Gasteiger partial charge in [0.25, 0.3) is 0 Å². The SMILES string of the molecule is Cl.NC1CCC(C(=O)NCCc2cc3ccccc3o2)C1. The molecule has 0 bridgehead atoms. The van der Waals surface area contributed by atoms with Crippen molar-refractivity contribution in [2.24, 2.45) is 11.7 Å². The van der Waals surface area contributed by atoms with Crippen molar-refractivity contribution in [1.82, 2.24) is 5.32 Å². The Hall–Kier alpha value is -1.52. The minimum Gasteiger partial charge on any atom is -0.461 e. The predicted molar refractivity (Wildman–Crippen MR) is 85.5 cm³/mol. The highest BCUT2D eigenvalue weighted by molar-refractivity contribution is 5.85. The Morgan fingerprint density at radius 2 is 2.14 bits per heavy atom. The zero-order valence-electron chi connectivity index (χ0n) is 11.9. The zero-order valence-corrected chi connectivity index (χ0v) is 12.7. The second-order valence-corrected chi connectivity index (χ2v) is 5.56. The molecule has 1 saturated carbocycles. The first-order valence-corrected chi connectivity index (χ1v) is 7.23. The van der Waals surface area contributed by atoms with Crippen molar-refractivity contribution >= 4 is 29.3 Å². The average Bonchev–Trinajstić information content (AvgIpc) is 3.04. The molecule has 1 aliphatic carbocycles. The van der Waals surface area contributed by atoms with E-state index in [1.165, 1.54) is 0 Å². The van der Waals surface area contributed by atoms with Crippen LogP contribution >= 0.6 is 12.4 Å². The normalized spacial score (nSPS) is 21.2. The maximum atomic E-state index is 12.0. The molecule has 2 unspecified atom stereocenters. The number of amides is 1. The van der Waals surface area contributed by atoms with Gasteiger partial charge in [0.15, 0.2) is 0 Å². The lowest BCUT2D eigenvalue weighted by Crippen LogP contribution is -2.31. The van der Waals surface area contributed by atoms with Gasteiger partial charge >= 0.3 is 0 Å². The van der Waals surface area contributed by atoms with Crippen LogP contribution in [0.4, 0.5) is 0 Å². The standard InChI is InChI=1S/C16H20N2O2.ClH/c17-13-6-5-12(9-13)16(19)18-8-7-14-10-11-3-1-2-4-15(11)20-14;/h1-4,10,12-13H,5-9,17H2,(H,18,19);1H. The fourth-order valence-corrected chi connectivity index (χ4v) is 2.87. The van der Waals surface area contributed by atoms with Crippen molar-refractivity contribution < 1.29 is 9.21 Å². The molecule has 1 aliphatic rings. The summed E-state index contributed by atoms with van der Waals surface area (Å²) in [5, 5.41) is 4.09. The number of benzene rings is 1. The number of rotatable bonds is 4. The Kier molecular flexibility index (Phi) is 5.26. The lowest BCUT2D eigenvalue weighted by atomic mass is 10.1. The van der Waals surface area contributed by atoms with E-state index in [2.05, 4.69) is 5.32 Å². The number of halogens is 1. The fraction of sp³-hybridized carbons (Fsp3) is 0.438. The fourth-order valence-electron chi connectivity index (χ4n) is 2.87. The average molecular weight is 309 g/mol. The molecule has 4 nitrogen and oxygen atoms in total. The van der Waals surface area contributed by atoms with E-state index in [9.17, 15) is 4.79 Å². The smallest absolute Gasteiger partial charge is 0.223 e. The number of nitrogens with one attached hydrogen (secondary N) is 1. The lowest BCUT2D eigenvalue weighted by molar-refractivity contribution is -0.124. The number of hydrogen-bond donors (Lipinski definition) is 2. The molecule has 0 saturated heterocycles. The Balaban J connectivity index is 0.00000161. The number of hydrogen-bond acceptors (Lipinski definition) is 3. The largest absolute Gasteiger partial charge is 0.461 e. The van der Waals surface area contributed by atoms with Gasteiger partial charge in [0.05, 0.1) is 0 Å². The first kappa shape index (κ1) is 15.9. The molecule has 0 aliphatic heterocycles. The molecule has 5 heteroatoms. The molecule has 2 atom stereocenters. The second-order valence-electron chi connectivity index (χ2n) is 5.56. The van der Waals surface area contributed by atoms with Crippen LogP contribution in [0, 0.1) is 5.92 Å². The summed E-state index contributed by atoms with van der Waals surface area (Å²) in [6, 6.07) is 10.2. The Labute approximate surface area is 130 Å². The summed E-state index contributed by atoms with van der Waals surface area (Å²) in [7, 11) is 0. The van der Waals surface area contributed by atoms with E-state index in [1.54, 1.807) is 0 Å². The van der Waals surface area contributed by atoms with Crippen LogP contribution in [0.15, 0.2) is 34.7 Å². The molecule has 1 aromatic heterocycles. The zero-order chi connectivity index (χ0) is 13.9. The van der Waals surface area contributed by atoms with Crippen LogP contribution in [0.3, 0.4) is 0 Å². The molecule has 1 amide bonds. The van der Waals surface area contributed by atoms with Gasteiger partial charge in [-0.1, -0.05) is 18.2 Å². The van der Waals surface area contributed by atoms with Crippen molar-refractivity contribution in [2.45, 2.75) is 31.7 Å². The van der Waals surface area contributed by atoms with Crippen molar-refractivity contribution in [3.05, 3.63) is 36.1 Å². The summed E-state index contributed by atoms with van der Waals surface area (Å²) in [6.07, 6.45) is 3.41. The quantitative estimate of drug-likeness (QED) is 0.912. The van der Waals surface area contributed by atoms with Crippen LogP contribution in [0.2, 0.25) is 0 Å². The first-order valence-electron chi connectivity index (χ1n) is 7.23. The van der Waals surface area contributed by atoms with E-state index in [-0.39, 0.29) is 30.3 Å². The summed E-state index contributed by atoms with van der Waals surface area (Å²) < 4.78 is 5.72. The minimum absolute atomic E-state index is 0. The van der Waals surface area contributed by atoms with E-state index in [1.807, 2.05) is 30.3 Å². The molecule has 1 heterocycles. The molecule has 3 rings (SSSR count). The Morgan fingerprint density at radius 3 is 2.86 bits per heavy atom. The highest BCUT2D eigenvalue weighted by Crippen LogP contribution is 2.24. The maximum Gasteiger partial charge on any atom is 0.223 e. The molecular weight excluding hydrogens is 288 g/mol. The van der Waals surface area contributed by atoms with Crippen LogP contribution in [0.5, 0.6) is 0 Å². The monoisotopic (exact) mass is 308 g/mol. The topological polar surface area (TPSA) is 68.3 Å². The van der Waals surface area contributed by atoms with E-state index in [0.29, 0.717) is 6.54 Å². The third-order valence-electron chi connectivity index (χ3n) is 3.99. The van der Waals surface area contributed by atoms with Crippen LogP contribution in [-0.2, 0) is 11.2 Å². The third kappa shape index (κ3) is 3.77. The van der Waals surface area contributed by atoms with E-state index < -0.39 is 0 Å². The number of furan rings is 1. The van der Waals surface area contributed by atoms with Crippen LogP contribution in [0.25, 0.3) is 11.0 Å². The minimum atomic E-state index is 0. The summed E-state index contributed by atoms with van der Waals surface area (Å²) >= 11 is 0. The molecular formula is C16H21ClN2O2. The van der Waals surface area contributed by atoms with Crippen LogP contribution in [-0.4, -0.2) is 18.5 Å². The predicted octanol–water partition coefficient (Wildman–Crippen LogP) is 2.64.